The second-order valence-corrected chi connectivity index (χ2v) is 11.7. The predicted octanol–water partition coefficient (Wildman–Crippen LogP) is 11.7. The SMILES string of the molecule is C=C1c2ccccc2-c2cc(-c3ccc4cc(-c5ccc6ccc7ccccc7c6n5)ccc4c3)ccc2N1c1ccccc1. The maximum Gasteiger partial charge on any atom is 0.0787 e. The van der Waals surface area contributed by atoms with Crippen LogP contribution in [0.25, 0.3) is 71.7 Å². The van der Waals surface area contributed by atoms with Crippen molar-refractivity contribution in [2.24, 2.45) is 0 Å². The van der Waals surface area contributed by atoms with Gasteiger partial charge >= 0.3 is 0 Å². The molecule has 2 heteroatoms. The number of hydrogen-bond acceptors (Lipinski definition) is 2. The fourth-order valence-electron chi connectivity index (χ4n) is 6.84. The van der Waals surface area contributed by atoms with Gasteiger partial charge in [0.25, 0.3) is 0 Å². The van der Waals surface area contributed by atoms with E-state index in [4.69, 9.17) is 4.98 Å². The number of anilines is 2. The highest BCUT2D eigenvalue weighted by molar-refractivity contribution is 6.06. The molecule has 0 bridgehead atoms. The normalized spacial score (nSPS) is 12.4. The molecule has 0 saturated heterocycles. The first-order valence-corrected chi connectivity index (χ1v) is 15.3. The Balaban J connectivity index is 1.12. The zero-order chi connectivity index (χ0) is 29.9. The Kier molecular flexibility index (Phi) is 5.69. The quantitative estimate of drug-likeness (QED) is 0.196. The molecule has 1 aliphatic rings. The van der Waals surface area contributed by atoms with Gasteiger partial charge in [-0.3, -0.25) is 0 Å². The Hall–Kier alpha value is -5.99. The predicted molar refractivity (Wildman–Crippen MR) is 191 cm³/mol. The standard InChI is InChI=1S/C43H28N2/c1-28-37-12-7-8-14-39(37)40-27-34(22-24-42(40)45(28)36-10-3-2-4-11-36)32-17-18-33-26-35(20-19-31(33)25-32)41-23-21-30-16-15-29-9-5-6-13-38(29)43(30)44-41/h2-27H,1H2. The Morgan fingerprint density at radius 2 is 1.07 bits per heavy atom. The van der Waals surface area contributed by atoms with Gasteiger partial charge in [0.15, 0.2) is 0 Å². The first-order valence-electron chi connectivity index (χ1n) is 15.3. The van der Waals surface area contributed by atoms with Gasteiger partial charge in [-0.1, -0.05) is 122 Å². The van der Waals surface area contributed by atoms with Gasteiger partial charge in [-0.15, -0.1) is 0 Å². The van der Waals surface area contributed by atoms with Gasteiger partial charge in [-0.25, -0.2) is 4.98 Å². The molecule has 7 aromatic carbocycles. The lowest BCUT2D eigenvalue weighted by Crippen LogP contribution is -2.19. The monoisotopic (exact) mass is 572 g/mol. The third kappa shape index (κ3) is 4.15. The van der Waals surface area contributed by atoms with Crippen molar-refractivity contribution in [1.29, 1.82) is 0 Å². The third-order valence-electron chi connectivity index (χ3n) is 9.10. The summed E-state index contributed by atoms with van der Waals surface area (Å²) in [6.45, 7) is 4.51. The minimum absolute atomic E-state index is 0.989. The highest BCUT2D eigenvalue weighted by Crippen LogP contribution is 2.48. The molecule has 0 fully saturated rings. The van der Waals surface area contributed by atoms with Crippen LogP contribution in [0, 0.1) is 0 Å². The maximum atomic E-state index is 5.13. The second kappa shape index (κ2) is 10.0. The summed E-state index contributed by atoms with van der Waals surface area (Å²) in [5.41, 5.74) is 12.4. The molecule has 1 aromatic heterocycles. The Morgan fingerprint density at radius 3 is 1.93 bits per heavy atom. The molecule has 0 saturated carbocycles. The van der Waals surface area contributed by atoms with Crippen molar-refractivity contribution in [3.63, 3.8) is 0 Å². The van der Waals surface area contributed by atoms with Crippen LogP contribution in [0.1, 0.15) is 5.56 Å². The fourth-order valence-corrected chi connectivity index (χ4v) is 6.84. The lowest BCUT2D eigenvalue weighted by molar-refractivity contribution is 1.27. The summed E-state index contributed by atoms with van der Waals surface area (Å²) in [5, 5.41) is 5.97. The van der Waals surface area contributed by atoms with Crippen LogP contribution in [0.3, 0.4) is 0 Å². The van der Waals surface area contributed by atoms with E-state index < -0.39 is 0 Å². The number of para-hydroxylation sites is 1. The molecule has 0 amide bonds. The van der Waals surface area contributed by atoms with E-state index in [1.165, 1.54) is 43.8 Å². The van der Waals surface area contributed by atoms with E-state index in [-0.39, 0.29) is 0 Å². The molecule has 210 valence electrons. The molecule has 45 heavy (non-hydrogen) atoms. The summed E-state index contributed by atoms with van der Waals surface area (Å²) >= 11 is 0. The number of nitrogens with zero attached hydrogens (tertiary/aromatic N) is 2. The molecule has 9 rings (SSSR count). The van der Waals surface area contributed by atoms with Gasteiger partial charge in [-0.05, 0) is 75.3 Å². The van der Waals surface area contributed by atoms with Crippen LogP contribution in [-0.2, 0) is 0 Å². The molecular formula is C43H28N2. The zero-order valence-corrected chi connectivity index (χ0v) is 24.6. The van der Waals surface area contributed by atoms with Crippen molar-refractivity contribution in [1.82, 2.24) is 4.98 Å². The average Bonchev–Trinajstić information content (AvgIpc) is 3.11. The minimum atomic E-state index is 0.989. The van der Waals surface area contributed by atoms with Crippen molar-refractivity contribution in [3.8, 4) is 33.5 Å². The van der Waals surface area contributed by atoms with Crippen LogP contribution in [0.15, 0.2) is 164 Å². The minimum Gasteiger partial charge on any atom is -0.310 e. The highest BCUT2D eigenvalue weighted by Gasteiger charge is 2.26. The van der Waals surface area contributed by atoms with Crippen molar-refractivity contribution < 1.29 is 0 Å². The van der Waals surface area contributed by atoms with E-state index in [1.807, 2.05) is 0 Å². The number of pyridine rings is 1. The third-order valence-corrected chi connectivity index (χ3v) is 9.10. The molecule has 2 nitrogen and oxygen atoms in total. The topological polar surface area (TPSA) is 16.1 Å². The van der Waals surface area contributed by atoms with E-state index in [1.54, 1.807) is 0 Å². The highest BCUT2D eigenvalue weighted by atomic mass is 15.2. The van der Waals surface area contributed by atoms with Crippen molar-refractivity contribution in [2.75, 3.05) is 4.90 Å². The van der Waals surface area contributed by atoms with Crippen molar-refractivity contribution in [2.45, 2.75) is 0 Å². The summed E-state index contributed by atoms with van der Waals surface area (Å²) in [5.74, 6) is 0. The van der Waals surface area contributed by atoms with Gasteiger partial charge in [0.1, 0.15) is 0 Å². The molecule has 8 aromatic rings. The number of benzene rings is 7. The summed E-state index contributed by atoms with van der Waals surface area (Å²) in [7, 11) is 0. The molecule has 0 radical (unpaired) electrons. The number of hydrogen-bond donors (Lipinski definition) is 0. The molecule has 0 N–H and O–H groups in total. The van der Waals surface area contributed by atoms with Crippen molar-refractivity contribution >= 4 is 49.5 Å². The van der Waals surface area contributed by atoms with Crippen LogP contribution in [0.5, 0.6) is 0 Å². The molecule has 0 aliphatic carbocycles. The van der Waals surface area contributed by atoms with Crippen LogP contribution in [0.4, 0.5) is 11.4 Å². The lowest BCUT2D eigenvalue weighted by Gasteiger charge is -2.35. The molecule has 0 unspecified atom stereocenters. The average molecular weight is 573 g/mol. The molecular weight excluding hydrogens is 544 g/mol. The molecule has 2 heterocycles. The number of aromatic nitrogens is 1. The van der Waals surface area contributed by atoms with Gasteiger partial charge in [-0.2, -0.15) is 0 Å². The Bertz CT molecular complexity index is 2460. The van der Waals surface area contributed by atoms with Gasteiger partial charge in [0, 0.05) is 38.8 Å². The zero-order valence-electron chi connectivity index (χ0n) is 24.6. The van der Waals surface area contributed by atoms with Crippen molar-refractivity contribution in [3.05, 3.63) is 170 Å². The fraction of sp³-hybridized carbons (Fsp3) is 0. The molecule has 1 aliphatic heterocycles. The van der Waals surface area contributed by atoms with Gasteiger partial charge in [0.2, 0.25) is 0 Å². The second-order valence-electron chi connectivity index (χ2n) is 11.7. The Labute approximate surface area is 262 Å². The number of fused-ring (bicyclic) bond motifs is 7. The molecule has 0 spiro atoms. The first-order chi connectivity index (χ1) is 22.2. The maximum absolute atomic E-state index is 5.13. The summed E-state index contributed by atoms with van der Waals surface area (Å²) in [6, 6.07) is 56.4. The first kappa shape index (κ1) is 25.5. The van der Waals surface area contributed by atoms with E-state index in [2.05, 4.69) is 169 Å². The smallest absolute Gasteiger partial charge is 0.0787 e. The van der Waals surface area contributed by atoms with E-state index in [0.717, 1.165) is 44.8 Å². The Morgan fingerprint density at radius 1 is 0.444 bits per heavy atom. The van der Waals surface area contributed by atoms with Crippen LogP contribution in [0.2, 0.25) is 0 Å². The van der Waals surface area contributed by atoms with E-state index in [0.29, 0.717) is 0 Å². The number of rotatable bonds is 3. The largest absolute Gasteiger partial charge is 0.310 e. The lowest BCUT2D eigenvalue weighted by atomic mass is 9.88. The summed E-state index contributed by atoms with van der Waals surface area (Å²) in [6.07, 6.45) is 0. The summed E-state index contributed by atoms with van der Waals surface area (Å²) in [4.78, 5) is 7.40. The van der Waals surface area contributed by atoms with E-state index >= 15 is 0 Å². The van der Waals surface area contributed by atoms with E-state index in [9.17, 15) is 0 Å². The van der Waals surface area contributed by atoms with Gasteiger partial charge in [0.05, 0.1) is 16.9 Å². The van der Waals surface area contributed by atoms with Crippen LogP contribution >= 0.6 is 0 Å². The van der Waals surface area contributed by atoms with Gasteiger partial charge < -0.3 is 4.90 Å². The molecule has 0 atom stereocenters. The van der Waals surface area contributed by atoms with Crippen LogP contribution < -0.4 is 4.90 Å². The van der Waals surface area contributed by atoms with Crippen LogP contribution in [-0.4, -0.2) is 4.98 Å². The summed E-state index contributed by atoms with van der Waals surface area (Å²) < 4.78 is 0.